The van der Waals surface area contributed by atoms with Crippen LogP contribution in [0.3, 0.4) is 0 Å². The maximum Gasteiger partial charge on any atom is 0.241 e. The van der Waals surface area contributed by atoms with Crippen molar-refractivity contribution in [2.24, 2.45) is 0 Å². The zero-order valence-electron chi connectivity index (χ0n) is 13.6. The monoisotopic (exact) mass is 326 g/mol. The highest BCUT2D eigenvalue weighted by Gasteiger charge is 2.27. The van der Waals surface area contributed by atoms with Crippen molar-refractivity contribution in [1.29, 1.82) is 0 Å². The lowest BCUT2D eigenvalue weighted by atomic mass is 9.94. The van der Waals surface area contributed by atoms with E-state index in [2.05, 4.69) is 21.2 Å². The molecule has 6 heteroatoms. The summed E-state index contributed by atoms with van der Waals surface area (Å²) in [5, 5.41) is 7.10. The SMILES string of the molecule is O=C(CN1CCC(c2ccn[nH]2)CC1)N1CCOc2ccccc21. The van der Waals surface area contributed by atoms with Crippen molar-refractivity contribution in [2.45, 2.75) is 18.8 Å². The number of fused-ring (bicyclic) bond motifs is 1. The molecule has 126 valence electrons. The van der Waals surface area contributed by atoms with Gasteiger partial charge >= 0.3 is 0 Å². The first-order chi connectivity index (χ1) is 11.8. The first-order valence-corrected chi connectivity index (χ1v) is 8.55. The van der Waals surface area contributed by atoms with Crippen molar-refractivity contribution in [3.8, 4) is 5.75 Å². The van der Waals surface area contributed by atoms with Gasteiger partial charge in [0.15, 0.2) is 0 Å². The fourth-order valence-corrected chi connectivity index (χ4v) is 3.60. The average Bonchev–Trinajstić information content (AvgIpc) is 3.16. The molecule has 0 bridgehead atoms. The van der Waals surface area contributed by atoms with Crippen molar-refractivity contribution in [3.05, 3.63) is 42.2 Å². The highest BCUT2D eigenvalue weighted by atomic mass is 16.5. The van der Waals surface area contributed by atoms with Gasteiger partial charge in [-0.25, -0.2) is 0 Å². The normalized spacial score (nSPS) is 18.9. The first kappa shape index (κ1) is 15.2. The van der Waals surface area contributed by atoms with E-state index in [0.717, 1.165) is 37.4 Å². The van der Waals surface area contributed by atoms with E-state index in [1.807, 2.05) is 29.2 Å². The highest BCUT2D eigenvalue weighted by molar-refractivity contribution is 5.96. The zero-order valence-corrected chi connectivity index (χ0v) is 13.6. The number of aromatic nitrogens is 2. The second-order valence-electron chi connectivity index (χ2n) is 6.42. The lowest BCUT2D eigenvalue weighted by molar-refractivity contribution is -0.120. The Labute approximate surface area is 141 Å². The third kappa shape index (κ3) is 3.01. The summed E-state index contributed by atoms with van der Waals surface area (Å²) in [7, 11) is 0. The second kappa shape index (κ2) is 6.65. The van der Waals surface area contributed by atoms with Crippen LogP contribution >= 0.6 is 0 Å². The van der Waals surface area contributed by atoms with Crippen LogP contribution < -0.4 is 9.64 Å². The fourth-order valence-electron chi connectivity index (χ4n) is 3.60. The van der Waals surface area contributed by atoms with E-state index < -0.39 is 0 Å². The van der Waals surface area contributed by atoms with E-state index in [1.165, 1.54) is 5.69 Å². The maximum absolute atomic E-state index is 12.8. The topological polar surface area (TPSA) is 61.5 Å². The van der Waals surface area contributed by atoms with Crippen LogP contribution in [0.15, 0.2) is 36.5 Å². The van der Waals surface area contributed by atoms with Gasteiger partial charge in [-0.15, -0.1) is 0 Å². The standard InChI is InChI=1S/C18H22N4O2/c23-18(22-11-12-24-17-4-2-1-3-16(17)22)13-21-9-6-14(7-10-21)15-5-8-19-20-15/h1-5,8,14H,6-7,9-13H2,(H,19,20). The number of hydrogen-bond donors (Lipinski definition) is 1. The summed E-state index contributed by atoms with van der Waals surface area (Å²) in [4.78, 5) is 16.9. The Kier molecular flexibility index (Phi) is 4.21. The number of rotatable bonds is 3. The summed E-state index contributed by atoms with van der Waals surface area (Å²) in [6.07, 6.45) is 3.94. The minimum Gasteiger partial charge on any atom is -0.490 e. The van der Waals surface area contributed by atoms with Crippen LogP contribution in [-0.2, 0) is 4.79 Å². The van der Waals surface area contributed by atoms with Crippen LogP contribution in [0.2, 0.25) is 0 Å². The number of carbonyl (C=O) groups is 1. The number of benzene rings is 1. The van der Waals surface area contributed by atoms with Crippen molar-refractivity contribution in [2.75, 3.05) is 37.7 Å². The Balaban J connectivity index is 1.36. The number of aromatic amines is 1. The van der Waals surface area contributed by atoms with Crippen molar-refractivity contribution >= 4 is 11.6 Å². The van der Waals surface area contributed by atoms with Gasteiger partial charge in [0.2, 0.25) is 5.91 Å². The third-order valence-electron chi connectivity index (χ3n) is 4.94. The molecule has 1 saturated heterocycles. The number of piperidine rings is 1. The van der Waals surface area contributed by atoms with Gasteiger partial charge in [0.25, 0.3) is 0 Å². The molecule has 1 aromatic carbocycles. The largest absolute Gasteiger partial charge is 0.490 e. The molecule has 2 aliphatic heterocycles. The number of hydrogen-bond acceptors (Lipinski definition) is 4. The van der Waals surface area contributed by atoms with Crippen molar-refractivity contribution in [1.82, 2.24) is 15.1 Å². The molecule has 1 amide bonds. The van der Waals surface area contributed by atoms with Gasteiger partial charge in [0.05, 0.1) is 18.8 Å². The summed E-state index contributed by atoms with van der Waals surface area (Å²) in [5.41, 5.74) is 2.10. The van der Waals surface area contributed by atoms with E-state index >= 15 is 0 Å². The summed E-state index contributed by atoms with van der Waals surface area (Å²) >= 11 is 0. The number of anilines is 1. The molecule has 2 aromatic rings. The van der Waals surface area contributed by atoms with E-state index in [0.29, 0.717) is 25.6 Å². The molecule has 1 fully saturated rings. The molecule has 0 saturated carbocycles. The van der Waals surface area contributed by atoms with E-state index in [1.54, 1.807) is 6.20 Å². The third-order valence-corrected chi connectivity index (χ3v) is 4.94. The average molecular weight is 326 g/mol. The van der Waals surface area contributed by atoms with Crippen LogP contribution in [0, 0.1) is 0 Å². The van der Waals surface area contributed by atoms with Crippen LogP contribution in [0.25, 0.3) is 0 Å². The summed E-state index contributed by atoms with van der Waals surface area (Å²) in [6, 6.07) is 9.81. The lowest BCUT2D eigenvalue weighted by Crippen LogP contribution is -2.45. The van der Waals surface area contributed by atoms with Gasteiger partial charge in [0, 0.05) is 17.8 Å². The molecule has 0 spiro atoms. The molecular weight excluding hydrogens is 304 g/mol. The van der Waals surface area contributed by atoms with Crippen molar-refractivity contribution < 1.29 is 9.53 Å². The molecule has 1 aromatic heterocycles. The zero-order chi connectivity index (χ0) is 16.4. The van der Waals surface area contributed by atoms with Crippen LogP contribution in [0.5, 0.6) is 5.75 Å². The quantitative estimate of drug-likeness (QED) is 0.937. The minimum absolute atomic E-state index is 0.158. The number of nitrogens with zero attached hydrogens (tertiary/aromatic N) is 3. The van der Waals surface area contributed by atoms with Crippen molar-refractivity contribution in [3.63, 3.8) is 0 Å². The predicted molar refractivity (Wildman–Crippen MR) is 91.3 cm³/mol. The molecule has 0 atom stereocenters. The molecule has 0 radical (unpaired) electrons. The van der Waals surface area contributed by atoms with Crippen LogP contribution in [0.1, 0.15) is 24.5 Å². The molecule has 4 rings (SSSR count). The Hall–Kier alpha value is -2.34. The number of amides is 1. The van der Waals surface area contributed by atoms with Gasteiger partial charge in [-0.2, -0.15) is 5.10 Å². The Morgan fingerprint density at radius 1 is 1.21 bits per heavy atom. The van der Waals surface area contributed by atoms with Crippen LogP contribution in [-0.4, -0.2) is 53.8 Å². The number of likely N-dealkylation sites (tertiary alicyclic amines) is 1. The van der Waals surface area contributed by atoms with Gasteiger partial charge in [-0.1, -0.05) is 12.1 Å². The maximum atomic E-state index is 12.8. The second-order valence-corrected chi connectivity index (χ2v) is 6.42. The predicted octanol–water partition coefficient (Wildman–Crippen LogP) is 2.01. The molecule has 1 N–H and O–H groups in total. The number of H-pyrrole nitrogens is 1. The number of ether oxygens (including phenoxy) is 1. The summed E-state index contributed by atoms with van der Waals surface area (Å²) in [5.74, 6) is 1.49. The Bertz CT molecular complexity index is 693. The van der Waals surface area contributed by atoms with E-state index in [4.69, 9.17) is 4.74 Å². The summed E-state index contributed by atoms with van der Waals surface area (Å²) in [6.45, 7) is 3.55. The van der Waals surface area contributed by atoms with Crippen LogP contribution in [0.4, 0.5) is 5.69 Å². The smallest absolute Gasteiger partial charge is 0.241 e. The van der Waals surface area contributed by atoms with Gasteiger partial charge in [-0.05, 0) is 44.1 Å². The fraction of sp³-hybridized carbons (Fsp3) is 0.444. The minimum atomic E-state index is 0.158. The molecule has 2 aliphatic rings. The summed E-state index contributed by atoms with van der Waals surface area (Å²) < 4.78 is 5.63. The number of nitrogens with one attached hydrogen (secondary N) is 1. The van der Waals surface area contributed by atoms with Gasteiger partial charge in [0.1, 0.15) is 12.4 Å². The molecule has 24 heavy (non-hydrogen) atoms. The molecule has 3 heterocycles. The molecular formula is C18H22N4O2. The first-order valence-electron chi connectivity index (χ1n) is 8.55. The Morgan fingerprint density at radius 3 is 2.83 bits per heavy atom. The number of para-hydroxylation sites is 2. The molecule has 6 nitrogen and oxygen atoms in total. The number of carbonyl (C=O) groups excluding carboxylic acids is 1. The van der Waals surface area contributed by atoms with Gasteiger partial charge < -0.3 is 9.64 Å². The lowest BCUT2D eigenvalue weighted by Gasteiger charge is -2.34. The van der Waals surface area contributed by atoms with E-state index in [-0.39, 0.29) is 5.91 Å². The Morgan fingerprint density at radius 2 is 2.04 bits per heavy atom. The molecule has 0 unspecified atom stereocenters. The van der Waals surface area contributed by atoms with Gasteiger partial charge in [-0.3, -0.25) is 14.8 Å². The van der Waals surface area contributed by atoms with E-state index in [9.17, 15) is 4.79 Å². The molecule has 0 aliphatic carbocycles. The highest BCUT2D eigenvalue weighted by Crippen LogP contribution is 2.31.